The molecule has 1 aromatic carbocycles. The second-order valence-corrected chi connectivity index (χ2v) is 4.29. The lowest BCUT2D eigenvalue weighted by Gasteiger charge is -2.13. The van der Waals surface area contributed by atoms with Crippen LogP contribution < -0.4 is 16.2 Å². The van der Waals surface area contributed by atoms with Gasteiger partial charge in [-0.1, -0.05) is 17.7 Å². The van der Waals surface area contributed by atoms with E-state index in [-0.39, 0.29) is 12.5 Å². The Morgan fingerprint density at radius 1 is 1.33 bits per heavy atom. The van der Waals surface area contributed by atoms with Crippen LogP contribution >= 0.6 is 12.2 Å². The van der Waals surface area contributed by atoms with Gasteiger partial charge < -0.3 is 10.1 Å². The number of nitrogens with one attached hydrogen (secondary N) is 3. The lowest BCUT2D eigenvalue weighted by Crippen LogP contribution is -2.45. The Morgan fingerprint density at radius 2 is 2.06 bits per heavy atom. The van der Waals surface area contributed by atoms with Gasteiger partial charge in [-0.15, -0.1) is 0 Å². The Balaban J connectivity index is 2.47. The fourth-order valence-electron chi connectivity index (χ4n) is 1.40. The van der Waals surface area contributed by atoms with Crippen LogP contribution in [-0.2, 0) is 9.53 Å². The Hall–Kier alpha value is -1.66. The van der Waals surface area contributed by atoms with E-state index in [2.05, 4.69) is 27.0 Å². The van der Waals surface area contributed by atoms with Gasteiger partial charge in [0.25, 0.3) is 5.91 Å². The van der Waals surface area contributed by atoms with Gasteiger partial charge >= 0.3 is 0 Å². The van der Waals surface area contributed by atoms with Crippen LogP contribution in [0.25, 0.3) is 0 Å². The summed E-state index contributed by atoms with van der Waals surface area (Å²) in [4.78, 5) is 11.1. The maximum absolute atomic E-state index is 11.1. The van der Waals surface area contributed by atoms with Crippen LogP contribution in [0.1, 0.15) is 11.1 Å². The zero-order valence-corrected chi connectivity index (χ0v) is 11.5. The summed E-state index contributed by atoms with van der Waals surface area (Å²) >= 11 is 5.05. The molecule has 0 heterocycles. The normalized spacial score (nSPS) is 9.72. The van der Waals surface area contributed by atoms with E-state index >= 15 is 0 Å². The summed E-state index contributed by atoms with van der Waals surface area (Å²) < 4.78 is 4.67. The zero-order chi connectivity index (χ0) is 13.5. The molecule has 0 saturated heterocycles. The lowest BCUT2D eigenvalue weighted by atomic mass is 10.1. The Morgan fingerprint density at radius 3 is 2.67 bits per heavy atom. The molecule has 0 unspecified atom stereocenters. The number of hydrogen-bond donors (Lipinski definition) is 3. The minimum absolute atomic E-state index is 0.0147. The molecule has 98 valence electrons. The standard InChI is InChI=1S/C12H17N3O2S/c1-8-4-5-10(9(2)6-8)13-12(18)15-14-11(16)7-17-3/h4-6H,7H2,1-3H3,(H,14,16)(H2,13,15,18). The smallest absolute Gasteiger partial charge is 0.264 e. The van der Waals surface area contributed by atoms with Crippen molar-refractivity contribution in [2.45, 2.75) is 13.8 Å². The van der Waals surface area contributed by atoms with Crippen molar-refractivity contribution in [3.8, 4) is 0 Å². The molecule has 0 aliphatic heterocycles. The Labute approximate surface area is 112 Å². The largest absolute Gasteiger partial charge is 0.375 e. The summed E-state index contributed by atoms with van der Waals surface area (Å²) in [5.74, 6) is -0.290. The Bertz CT molecular complexity index is 449. The molecule has 0 fully saturated rings. The molecule has 1 aromatic rings. The fraction of sp³-hybridized carbons (Fsp3) is 0.333. The number of hydrogen-bond acceptors (Lipinski definition) is 3. The van der Waals surface area contributed by atoms with Gasteiger partial charge in [0.05, 0.1) is 0 Å². The molecular weight excluding hydrogens is 250 g/mol. The molecular formula is C12H17N3O2S. The first-order chi connectivity index (χ1) is 8.52. The van der Waals surface area contributed by atoms with Crippen LogP contribution in [-0.4, -0.2) is 24.7 Å². The van der Waals surface area contributed by atoms with E-state index < -0.39 is 0 Å². The number of amides is 1. The van der Waals surface area contributed by atoms with Gasteiger partial charge in [0.1, 0.15) is 6.61 Å². The van der Waals surface area contributed by atoms with E-state index in [4.69, 9.17) is 12.2 Å². The summed E-state index contributed by atoms with van der Waals surface area (Å²) in [7, 11) is 1.45. The molecule has 18 heavy (non-hydrogen) atoms. The highest BCUT2D eigenvalue weighted by Gasteiger charge is 2.03. The molecule has 0 spiro atoms. The van der Waals surface area contributed by atoms with Crippen molar-refractivity contribution >= 4 is 28.9 Å². The third-order valence-electron chi connectivity index (χ3n) is 2.22. The molecule has 5 nitrogen and oxygen atoms in total. The minimum atomic E-state index is -0.290. The highest BCUT2D eigenvalue weighted by Crippen LogP contribution is 2.15. The van der Waals surface area contributed by atoms with Gasteiger partial charge in [-0.05, 0) is 37.7 Å². The number of hydrazine groups is 1. The second kappa shape index (κ2) is 6.93. The lowest BCUT2D eigenvalue weighted by molar-refractivity contribution is -0.125. The first-order valence-electron chi connectivity index (χ1n) is 5.45. The van der Waals surface area contributed by atoms with Crippen LogP contribution in [0.5, 0.6) is 0 Å². The third-order valence-corrected chi connectivity index (χ3v) is 2.43. The number of carbonyl (C=O) groups is 1. The van der Waals surface area contributed by atoms with Gasteiger partial charge in [0.2, 0.25) is 0 Å². The van der Waals surface area contributed by atoms with Crippen LogP contribution in [0.4, 0.5) is 5.69 Å². The SMILES string of the molecule is COCC(=O)NNC(=S)Nc1ccc(C)cc1C. The molecule has 0 radical (unpaired) electrons. The van der Waals surface area contributed by atoms with Crippen LogP contribution in [0.2, 0.25) is 0 Å². The fourth-order valence-corrected chi connectivity index (χ4v) is 1.56. The molecule has 3 N–H and O–H groups in total. The number of ether oxygens (including phenoxy) is 1. The monoisotopic (exact) mass is 267 g/mol. The van der Waals surface area contributed by atoms with Crippen molar-refractivity contribution in [1.82, 2.24) is 10.9 Å². The first-order valence-corrected chi connectivity index (χ1v) is 5.86. The molecule has 0 aliphatic rings. The number of thiocarbonyl (C=S) groups is 1. The van der Waals surface area contributed by atoms with Gasteiger partial charge in [-0.25, -0.2) is 0 Å². The molecule has 1 amide bonds. The van der Waals surface area contributed by atoms with Gasteiger partial charge in [-0.3, -0.25) is 15.6 Å². The quantitative estimate of drug-likeness (QED) is 0.568. The summed E-state index contributed by atoms with van der Waals surface area (Å²) in [5.41, 5.74) is 8.19. The van der Waals surface area contributed by atoms with Crippen LogP contribution in [0.3, 0.4) is 0 Å². The van der Waals surface area contributed by atoms with E-state index in [0.717, 1.165) is 11.3 Å². The van der Waals surface area contributed by atoms with Crippen molar-refractivity contribution in [3.05, 3.63) is 29.3 Å². The number of anilines is 1. The summed E-state index contributed by atoms with van der Waals surface area (Å²) in [6.45, 7) is 4.00. The highest BCUT2D eigenvalue weighted by atomic mass is 32.1. The van der Waals surface area contributed by atoms with Crippen LogP contribution in [0, 0.1) is 13.8 Å². The molecule has 0 aliphatic carbocycles. The topological polar surface area (TPSA) is 62.4 Å². The van der Waals surface area contributed by atoms with E-state index in [1.807, 2.05) is 26.0 Å². The third kappa shape index (κ3) is 4.68. The highest BCUT2D eigenvalue weighted by molar-refractivity contribution is 7.80. The molecule has 0 aromatic heterocycles. The van der Waals surface area contributed by atoms with Crippen molar-refractivity contribution in [3.63, 3.8) is 0 Å². The number of aryl methyl sites for hydroxylation is 2. The maximum atomic E-state index is 11.1. The number of methoxy groups -OCH3 is 1. The number of benzene rings is 1. The number of carbonyl (C=O) groups excluding carboxylic acids is 1. The van der Waals surface area contributed by atoms with E-state index in [0.29, 0.717) is 5.11 Å². The Kier molecular flexibility index (Phi) is 5.54. The minimum Gasteiger partial charge on any atom is -0.375 e. The van der Waals surface area contributed by atoms with Crippen LogP contribution in [0.15, 0.2) is 18.2 Å². The molecule has 0 bridgehead atoms. The predicted molar refractivity (Wildman–Crippen MR) is 75.3 cm³/mol. The van der Waals surface area contributed by atoms with E-state index in [9.17, 15) is 4.79 Å². The van der Waals surface area contributed by atoms with Crippen molar-refractivity contribution < 1.29 is 9.53 Å². The summed E-state index contributed by atoms with van der Waals surface area (Å²) in [6.07, 6.45) is 0. The second-order valence-electron chi connectivity index (χ2n) is 3.88. The van der Waals surface area contributed by atoms with Crippen molar-refractivity contribution in [2.24, 2.45) is 0 Å². The summed E-state index contributed by atoms with van der Waals surface area (Å²) in [5, 5.41) is 3.33. The van der Waals surface area contributed by atoms with Crippen molar-refractivity contribution in [2.75, 3.05) is 19.0 Å². The average Bonchev–Trinajstić information content (AvgIpc) is 2.31. The predicted octanol–water partition coefficient (Wildman–Crippen LogP) is 1.27. The molecule has 0 atom stereocenters. The zero-order valence-electron chi connectivity index (χ0n) is 10.7. The first kappa shape index (κ1) is 14.4. The molecule has 0 saturated carbocycles. The van der Waals surface area contributed by atoms with E-state index in [1.165, 1.54) is 12.7 Å². The maximum Gasteiger partial charge on any atom is 0.264 e. The van der Waals surface area contributed by atoms with E-state index in [1.54, 1.807) is 0 Å². The number of rotatable bonds is 3. The van der Waals surface area contributed by atoms with Crippen molar-refractivity contribution in [1.29, 1.82) is 0 Å². The van der Waals surface area contributed by atoms with Gasteiger partial charge in [0, 0.05) is 12.8 Å². The summed E-state index contributed by atoms with van der Waals surface area (Å²) in [6, 6.07) is 5.98. The molecule has 6 heteroatoms. The van der Waals surface area contributed by atoms with Gasteiger partial charge in [-0.2, -0.15) is 0 Å². The molecule has 1 rings (SSSR count). The van der Waals surface area contributed by atoms with Gasteiger partial charge in [0.15, 0.2) is 5.11 Å². The average molecular weight is 267 g/mol.